The largest absolute Gasteiger partial charge is 0.347 e. The van der Waals surface area contributed by atoms with Crippen LogP contribution in [0.15, 0.2) is 61.1 Å². The molecule has 1 N–H and O–H groups in total. The van der Waals surface area contributed by atoms with E-state index in [9.17, 15) is 9.59 Å². The Morgan fingerprint density at radius 1 is 1.00 bits per heavy atom. The quantitative estimate of drug-likeness (QED) is 0.722. The molecular weight excluding hydrogens is 366 g/mol. The van der Waals surface area contributed by atoms with Crippen molar-refractivity contribution in [1.82, 2.24) is 24.8 Å². The normalized spacial score (nSPS) is 13.4. The Kier molecular flexibility index (Phi) is 5.65. The summed E-state index contributed by atoms with van der Waals surface area (Å²) in [6, 6.07) is 13.2. The van der Waals surface area contributed by atoms with Crippen molar-refractivity contribution in [3.05, 3.63) is 83.7 Å². The van der Waals surface area contributed by atoms with E-state index in [-0.39, 0.29) is 11.8 Å². The number of amides is 2. The van der Waals surface area contributed by atoms with Crippen LogP contribution in [0, 0.1) is 0 Å². The van der Waals surface area contributed by atoms with E-state index in [4.69, 9.17) is 0 Å². The van der Waals surface area contributed by atoms with E-state index in [1.165, 1.54) is 0 Å². The van der Waals surface area contributed by atoms with Gasteiger partial charge in [-0.25, -0.2) is 0 Å². The Bertz CT molecular complexity index is 985. The van der Waals surface area contributed by atoms with Crippen LogP contribution in [0.3, 0.4) is 0 Å². The smallest absolute Gasteiger partial charge is 0.268 e. The van der Waals surface area contributed by atoms with Crippen LogP contribution in [0.2, 0.25) is 0 Å². The number of pyridine rings is 2. The Hall–Kier alpha value is -3.48. The lowest BCUT2D eigenvalue weighted by atomic mass is 10.2. The second-order valence-corrected chi connectivity index (χ2v) is 7.03. The summed E-state index contributed by atoms with van der Waals surface area (Å²) < 4.78 is 2.02. The molecular formula is C22H23N5O2. The lowest BCUT2D eigenvalue weighted by molar-refractivity contribution is -0.130. The third kappa shape index (κ3) is 4.51. The van der Waals surface area contributed by atoms with Gasteiger partial charge in [-0.15, -0.1) is 0 Å². The minimum absolute atomic E-state index is 0.0667. The highest BCUT2D eigenvalue weighted by molar-refractivity contribution is 5.93. The van der Waals surface area contributed by atoms with Crippen molar-refractivity contribution in [1.29, 1.82) is 0 Å². The second kappa shape index (κ2) is 8.68. The molecule has 0 unspecified atom stereocenters. The number of nitrogens with zero attached hydrogens (tertiary/aromatic N) is 4. The number of carbonyl (C=O) groups excluding carboxylic acids is 2. The summed E-state index contributed by atoms with van der Waals surface area (Å²) in [5.74, 6) is -0.0506. The van der Waals surface area contributed by atoms with Crippen LogP contribution in [-0.2, 0) is 30.7 Å². The van der Waals surface area contributed by atoms with Gasteiger partial charge in [-0.1, -0.05) is 12.1 Å². The van der Waals surface area contributed by atoms with Crippen LogP contribution in [0.1, 0.15) is 27.4 Å². The zero-order valence-electron chi connectivity index (χ0n) is 16.1. The molecule has 0 saturated heterocycles. The first-order valence-corrected chi connectivity index (χ1v) is 9.74. The number of rotatable bonds is 5. The maximum absolute atomic E-state index is 12.7. The number of fused-ring (bicyclic) bond motifs is 1. The van der Waals surface area contributed by atoms with E-state index >= 15 is 0 Å². The fraction of sp³-hybridized carbons (Fsp3) is 0.273. The molecule has 1 aliphatic rings. The molecule has 0 atom stereocenters. The van der Waals surface area contributed by atoms with Gasteiger partial charge in [0.15, 0.2) is 0 Å². The van der Waals surface area contributed by atoms with E-state index < -0.39 is 0 Å². The van der Waals surface area contributed by atoms with Crippen molar-refractivity contribution in [2.24, 2.45) is 0 Å². The van der Waals surface area contributed by atoms with Gasteiger partial charge < -0.3 is 14.8 Å². The molecule has 7 heteroatoms. The molecule has 4 heterocycles. The summed E-state index contributed by atoms with van der Waals surface area (Å²) >= 11 is 0. The van der Waals surface area contributed by atoms with Crippen LogP contribution >= 0.6 is 0 Å². The molecule has 7 nitrogen and oxygen atoms in total. The Morgan fingerprint density at radius 3 is 2.72 bits per heavy atom. The molecule has 29 heavy (non-hydrogen) atoms. The summed E-state index contributed by atoms with van der Waals surface area (Å²) in [7, 11) is 0. The van der Waals surface area contributed by atoms with Crippen molar-refractivity contribution >= 4 is 11.8 Å². The van der Waals surface area contributed by atoms with Gasteiger partial charge in [0.25, 0.3) is 5.91 Å². The van der Waals surface area contributed by atoms with Crippen molar-refractivity contribution < 1.29 is 9.59 Å². The average Bonchev–Trinajstić information content (AvgIpc) is 3.04. The topological polar surface area (TPSA) is 80.1 Å². The summed E-state index contributed by atoms with van der Waals surface area (Å²) in [5.41, 5.74) is 3.43. The summed E-state index contributed by atoms with van der Waals surface area (Å²) in [5, 5.41) is 2.95. The van der Waals surface area contributed by atoms with Crippen LogP contribution in [0.5, 0.6) is 0 Å². The molecule has 2 amide bonds. The van der Waals surface area contributed by atoms with Gasteiger partial charge >= 0.3 is 0 Å². The second-order valence-electron chi connectivity index (χ2n) is 7.03. The third-order valence-corrected chi connectivity index (χ3v) is 5.12. The van der Waals surface area contributed by atoms with Crippen molar-refractivity contribution in [2.45, 2.75) is 25.9 Å². The lowest BCUT2D eigenvalue weighted by Crippen LogP contribution is -2.35. The van der Waals surface area contributed by atoms with Crippen LogP contribution in [-0.4, -0.2) is 44.3 Å². The standard InChI is InChI=1S/C22H23N5O2/c28-21(14-18-5-1-2-10-24-18)26-11-8-19-6-7-20(27(19)13-12-26)22(29)25-16-17-4-3-9-23-15-17/h1-7,9-10,15H,8,11-14,16H2,(H,25,29). The summed E-state index contributed by atoms with van der Waals surface area (Å²) in [6.45, 7) is 2.26. The Labute approximate surface area is 169 Å². The van der Waals surface area contributed by atoms with Gasteiger partial charge in [0.1, 0.15) is 5.69 Å². The van der Waals surface area contributed by atoms with Crippen LogP contribution in [0.25, 0.3) is 0 Å². The van der Waals surface area contributed by atoms with Gasteiger partial charge in [-0.2, -0.15) is 0 Å². The predicted molar refractivity (Wildman–Crippen MR) is 108 cm³/mol. The van der Waals surface area contributed by atoms with E-state index in [0.717, 1.165) is 23.4 Å². The molecule has 3 aromatic rings. The summed E-state index contributed by atoms with van der Waals surface area (Å²) in [6.07, 6.45) is 6.17. The SMILES string of the molecule is O=C(NCc1cccnc1)c1ccc2n1CCN(C(=O)Cc1ccccn1)CC2. The molecule has 0 bridgehead atoms. The molecule has 0 radical (unpaired) electrons. The minimum Gasteiger partial charge on any atom is -0.347 e. The lowest BCUT2D eigenvalue weighted by Gasteiger charge is -2.20. The van der Waals surface area contributed by atoms with Gasteiger partial charge in [0, 0.05) is 62.6 Å². The van der Waals surface area contributed by atoms with E-state index in [1.807, 2.05) is 51.9 Å². The van der Waals surface area contributed by atoms with Crippen LogP contribution in [0.4, 0.5) is 0 Å². The number of hydrogen-bond donors (Lipinski definition) is 1. The zero-order valence-corrected chi connectivity index (χ0v) is 16.1. The molecule has 0 spiro atoms. The van der Waals surface area contributed by atoms with Crippen molar-refractivity contribution in [3.63, 3.8) is 0 Å². The molecule has 148 valence electrons. The van der Waals surface area contributed by atoms with Gasteiger partial charge in [0.2, 0.25) is 5.91 Å². The molecule has 0 saturated carbocycles. The monoisotopic (exact) mass is 389 g/mol. The highest BCUT2D eigenvalue weighted by Gasteiger charge is 2.22. The van der Waals surface area contributed by atoms with E-state index in [1.54, 1.807) is 18.6 Å². The highest BCUT2D eigenvalue weighted by Crippen LogP contribution is 2.15. The van der Waals surface area contributed by atoms with E-state index in [2.05, 4.69) is 15.3 Å². The first kappa shape index (κ1) is 18.9. The average molecular weight is 389 g/mol. The first-order chi connectivity index (χ1) is 14.2. The predicted octanol–water partition coefficient (Wildman–Crippen LogP) is 1.84. The zero-order chi connectivity index (χ0) is 20.1. The number of hydrogen-bond acceptors (Lipinski definition) is 4. The maximum Gasteiger partial charge on any atom is 0.268 e. The fourth-order valence-electron chi connectivity index (χ4n) is 3.57. The van der Waals surface area contributed by atoms with Gasteiger partial charge in [0.05, 0.1) is 6.42 Å². The highest BCUT2D eigenvalue weighted by atomic mass is 16.2. The molecule has 1 aliphatic heterocycles. The number of aromatic nitrogens is 3. The number of nitrogens with one attached hydrogen (secondary N) is 1. The van der Waals surface area contributed by atoms with Crippen molar-refractivity contribution in [3.8, 4) is 0 Å². The van der Waals surface area contributed by atoms with Gasteiger partial charge in [-0.05, 0) is 35.9 Å². The molecule has 0 aromatic carbocycles. The summed E-state index contributed by atoms with van der Waals surface area (Å²) in [4.78, 5) is 35.5. The molecule has 4 rings (SSSR count). The molecule has 3 aromatic heterocycles. The Balaban J connectivity index is 1.38. The molecule has 0 fully saturated rings. The van der Waals surface area contributed by atoms with Crippen LogP contribution < -0.4 is 5.32 Å². The number of carbonyl (C=O) groups is 2. The van der Waals surface area contributed by atoms with E-state index in [0.29, 0.717) is 38.3 Å². The third-order valence-electron chi connectivity index (χ3n) is 5.12. The maximum atomic E-state index is 12.7. The fourth-order valence-corrected chi connectivity index (χ4v) is 3.57. The van der Waals surface area contributed by atoms with Gasteiger partial charge in [-0.3, -0.25) is 19.6 Å². The van der Waals surface area contributed by atoms with Crippen molar-refractivity contribution in [2.75, 3.05) is 13.1 Å². The Morgan fingerprint density at radius 2 is 1.93 bits per heavy atom. The minimum atomic E-state index is -0.117. The molecule has 0 aliphatic carbocycles. The first-order valence-electron chi connectivity index (χ1n) is 9.74.